The van der Waals surface area contributed by atoms with Gasteiger partial charge in [0.2, 0.25) is 11.8 Å². The highest BCUT2D eigenvalue weighted by atomic mass is 32.1. The van der Waals surface area contributed by atoms with Gasteiger partial charge in [-0.3, -0.25) is 14.0 Å². The predicted octanol–water partition coefficient (Wildman–Crippen LogP) is 4.34. The van der Waals surface area contributed by atoms with Gasteiger partial charge >= 0.3 is 0 Å². The Balaban J connectivity index is 1.50. The number of carbonyl (C=O) groups is 2. The second kappa shape index (κ2) is 7.84. The molecule has 8 heteroatoms. The number of benzene rings is 2. The largest absolute Gasteiger partial charge is 0.326 e. The van der Waals surface area contributed by atoms with E-state index in [9.17, 15) is 14.0 Å². The molecule has 4 aromatic rings. The molecule has 2 amide bonds. The van der Waals surface area contributed by atoms with E-state index in [1.54, 1.807) is 36.4 Å². The standard InChI is InChI=1S/C21H17FN4O2S/c1-13(27)23-16-3-2-4-17(9-16)24-20(28)10-18-12-29-21-25-19(11-26(18)21)14-5-7-15(22)8-6-14/h2-9,11-12H,10H2,1H3,(H,23,27)(H,24,28). The average Bonchev–Trinajstić information content (AvgIpc) is 3.24. The number of fused-ring (bicyclic) bond motifs is 1. The molecule has 0 aliphatic heterocycles. The van der Waals surface area contributed by atoms with Crippen LogP contribution in [0, 0.1) is 5.82 Å². The molecule has 2 aromatic heterocycles. The van der Waals surface area contributed by atoms with Crippen molar-refractivity contribution in [3.63, 3.8) is 0 Å². The van der Waals surface area contributed by atoms with Crippen LogP contribution >= 0.6 is 11.3 Å². The van der Waals surface area contributed by atoms with Crippen molar-refractivity contribution in [1.82, 2.24) is 9.38 Å². The first kappa shape index (κ1) is 18.8. The summed E-state index contributed by atoms with van der Waals surface area (Å²) in [6, 6.07) is 13.1. The maximum Gasteiger partial charge on any atom is 0.230 e. The average molecular weight is 408 g/mol. The highest BCUT2D eigenvalue weighted by molar-refractivity contribution is 7.15. The molecule has 0 aliphatic carbocycles. The van der Waals surface area contributed by atoms with E-state index in [0.717, 1.165) is 21.9 Å². The summed E-state index contributed by atoms with van der Waals surface area (Å²) in [6.45, 7) is 1.43. The van der Waals surface area contributed by atoms with E-state index < -0.39 is 0 Å². The van der Waals surface area contributed by atoms with Crippen LogP contribution < -0.4 is 10.6 Å². The monoisotopic (exact) mass is 408 g/mol. The lowest BCUT2D eigenvalue weighted by atomic mass is 10.2. The number of rotatable bonds is 5. The number of amides is 2. The van der Waals surface area contributed by atoms with Gasteiger partial charge in [-0.2, -0.15) is 0 Å². The summed E-state index contributed by atoms with van der Waals surface area (Å²) in [5, 5.41) is 7.42. The first-order valence-corrected chi connectivity index (χ1v) is 9.75. The molecule has 0 unspecified atom stereocenters. The Labute approximate surface area is 170 Å². The van der Waals surface area contributed by atoms with Gasteiger partial charge < -0.3 is 10.6 Å². The number of hydrogen-bond donors (Lipinski definition) is 2. The Kier molecular flexibility index (Phi) is 5.09. The van der Waals surface area contributed by atoms with Crippen LogP contribution in [0.1, 0.15) is 12.6 Å². The number of thiazole rings is 1. The van der Waals surface area contributed by atoms with Crippen LogP contribution in [0.2, 0.25) is 0 Å². The summed E-state index contributed by atoms with van der Waals surface area (Å²) >= 11 is 1.44. The van der Waals surface area contributed by atoms with E-state index in [2.05, 4.69) is 15.6 Å². The predicted molar refractivity (Wildman–Crippen MR) is 112 cm³/mol. The topological polar surface area (TPSA) is 75.5 Å². The minimum absolute atomic E-state index is 0.170. The molecule has 146 valence electrons. The Morgan fingerprint density at radius 1 is 1.10 bits per heavy atom. The molecule has 2 N–H and O–H groups in total. The number of imidazole rings is 1. The fourth-order valence-corrected chi connectivity index (χ4v) is 3.84. The lowest BCUT2D eigenvalue weighted by molar-refractivity contribution is -0.116. The molecule has 0 aliphatic rings. The Hall–Kier alpha value is -3.52. The fourth-order valence-electron chi connectivity index (χ4n) is 2.96. The first-order valence-electron chi connectivity index (χ1n) is 8.87. The number of hydrogen-bond acceptors (Lipinski definition) is 4. The minimum Gasteiger partial charge on any atom is -0.326 e. The van der Waals surface area contributed by atoms with Crippen LogP contribution in [-0.2, 0) is 16.0 Å². The maximum atomic E-state index is 13.1. The zero-order valence-electron chi connectivity index (χ0n) is 15.5. The number of carbonyl (C=O) groups excluding carboxylic acids is 2. The lowest BCUT2D eigenvalue weighted by Crippen LogP contribution is -2.15. The van der Waals surface area contributed by atoms with Gasteiger partial charge in [0, 0.05) is 41.1 Å². The lowest BCUT2D eigenvalue weighted by Gasteiger charge is -2.07. The quantitative estimate of drug-likeness (QED) is 0.516. The zero-order chi connectivity index (χ0) is 20.4. The number of aromatic nitrogens is 2. The van der Waals surface area contributed by atoms with Crippen molar-refractivity contribution in [2.45, 2.75) is 13.3 Å². The van der Waals surface area contributed by atoms with Crippen molar-refractivity contribution in [2.24, 2.45) is 0 Å². The highest BCUT2D eigenvalue weighted by Crippen LogP contribution is 2.24. The summed E-state index contributed by atoms with van der Waals surface area (Å²) in [5.74, 6) is -0.650. The van der Waals surface area contributed by atoms with Gasteiger partial charge in [-0.05, 0) is 42.5 Å². The van der Waals surface area contributed by atoms with E-state index in [4.69, 9.17) is 0 Å². The molecular formula is C21H17FN4O2S. The molecule has 0 radical (unpaired) electrons. The molecule has 0 fully saturated rings. The number of nitrogens with one attached hydrogen (secondary N) is 2. The van der Waals surface area contributed by atoms with Gasteiger partial charge in [0.25, 0.3) is 0 Å². The van der Waals surface area contributed by atoms with E-state index in [-0.39, 0.29) is 24.1 Å². The molecular weight excluding hydrogens is 391 g/mol. The molecule has 0 atom stereocenters. The van der Waals surface area contributed by atoms with Crippen LogP contribution in [0.5, 0.6) is 0 Å². The Bertz CT molecular complexity index is 1200. The molecule has 0 saturated heterocycles. The summed E-state index contributed by atoms with van der Waals surface area (Å²) < 4.78 is 15.0. The number of halogens is 1. The summed E-state index contributed by atoms with van der Waals surface area (Å²) in [6.07, 6.45) is 2.02. The van der Waals surface area contributed by atoms with Gasteiger partial charge in [0.05, 0.1) is 12.1 Å². The van der Waals surface area contributed by atoms with Crippen molar-refractivity contribution >= 4 is 39.5 Å². The van der Waals surface area contributed by atoms with Crippen molar-refractivity contribution in [2.75, 3.05) is 10.6 Å². The third-order valence-electron chi connectivity index (χ3n) is 4.23. The van der Waals surface area contributed by atoms with E-state index in [1.165, 1.54) is 30.4 Å². The van der Waals surface area contributed by atoms with Crippen LogP contribution in [0.4, 0.5) is 15.8 Å². The summed E-state index contributed by atoms with van der Waals surface area (Å²) in [4.78, 5) is 29.0. The molecule has 0 spiro atoms. The van der Waals surface area contributed by atoms with Crippen molar-refractivity contribution in [3.05, 3.63) is 71.6 Å². The first-order chi connectivity index (χ1) is 14.0. The molecule has 2 aromatic carbocycles. The molecule has 2 heterocycles. The van der Waals surface area contributed by atoms with Gasteiger partial charge in [0.15, 0.2) is 4.96 Å². The third kappa shape index (κ3) is 4.33. The molecule has 0 bridgehead atoms. The van der Waals surface area contributed by atoms with Crippen LogP contribution in [0.25, 0.3) is 16.2 Å². The van der Waals surface area contributed by atoms with E-state index in [1.807, 2.05) is 16.0 Å². The zero-order valence-corrected chi connectivity index (χ0v) is 16.3. The van der Waals surface area contributed by atoms with Gasteiger partial charge in [-0.25, -0.2) is 9.37 Å². The summed E-state index contributed by atoms with van der Waals surface area (Å²) in [7, 11) is 0. The number of anilines is 2. The molecule has 4 rings (SSSR count). The smallest absolute Gasteiger partial charge is 0.230 e. The van der Waals surface area contributed by atoms with Crippen LogP contribution in [0.15, 0.2) is 60.1 Å². The molecule has 29 heavy (non-hydrogen) atoms. The Morgan fingerprint density at radius 2 is 1.83 bits per heavy atom. The normalized spacial score (nSPS) is 10.8. The van der Waals surface area contributed by atoms with Crippen LogP contribution in [0.3, 0.4) is 0 Å². The highest BCUT2D eigenvalue weighted by Gasteiger charge is 2.13. The fraction of sp³-hybridized carbons (Fsp3) is 0.0952. The Morgan fingerprint density at radius 3 is 2.55 bits per heavy atom. The second-order valence-corrected chi connectivity index (χ2v) is 7.34. The molecule has 0 saturated carbocycles. The van der Waals surface area contributed by atoms with E-state index in [0.29, 0.717) is 11.4 Å². The van der Waals surface area contributed by atoms with Crippen molar-refractivity contribution < 1.29 is 14.0 Å². The van der Waals surface area contributed by atoms with Gasteiger partial charge in [0.1, 0.15) is 5.82 Å². The third-order valence-corrected chi connectivity index (χ3v) is 5.12. The van der Waals surface area contributed by atoms with Gasteiger partial charge in [-0.15, -0.1) is 11.3 Å². The maximum absolute atomic E-state index is 13.1. The van der Waals surface area contributed by atoms with Crippen molar-refractivity contribution in [1.29, 1.82) is 0 Å². The SMILES string of the molecule is CC(=O)Nc1cccc(NC(=O)Cc2csc3nc(-c4ccc(F)cc4)cn23)c1. The minimum atomic E-state index is -0.297. The number of nitrogens with zero attached hydrogens (tertiary/aromatic N) is 2. The second-order valence-electron chi connectivity index (χ2n) is 6.50. The van der Waals surface area contributed by atoms with E-state index >= 15 is 0 Å². The van der Waals surface area contributed by atoms with Gasteiger partial charge in [-0.1, -0.05) is 6.07 Å². The summed E-state index contributed by atoms with van der Waals surface area (Å²) in [5.41, 5.74) is 3.56. The molecule has 6 nitrogen and oxygen atoms in total. The van der Waals surface area contributed by atoms with Crippen LogP contribution in [-0.4, -0.2) is 21.2 Å². The van der Waals surface area contributed by atoms with Crippen molar-refractivity contribution in [3.8, 4) is 11.3 Å².